The summed E-state index contributed by atoms with van der Waals surface area (Å²) in [4.78, 5) is -0.518. The van der Waals surface area contributed by atoms with Crippen molar-refractivity contribution in [3.05, 3.63) is 10.1 Å². The van der Waals surface area contributed by atoms with E-state index in [4.69, 9.17) is 46.4 Å². The van der Waals surface area contributed by atoms with Crippen LogP contribution < -0.4 is 0 Å². The first-order valence-electron chi connectivity index (χ1n) is 3.97. The van der Waals surface area contributed by atoms with Gasteiger partial charge in [-0.1, -0.05) is 23.2 Å². The molecule has 0 N–H and O–H groups in total. The van der Waals surface area contributed by atoms with Crippen LogP contribution in [0, 0.1) is 17.8 Å². The zero-order chi connectivity index (χ0) is 8.67. The molecule has 2 saturated carbocycles. The fraction of sp³-hybridized carbons (Fsp3) is 0.750. The summed E-state index contributed by atoms with van der Waals surface area (Å²) >= 11 is 24.7. The Balaban J connectivity index is 2.19. The summed E-state index contributed by atoms with van der Waals surface area (Å²) in [5, 5.41) is 1.24. The van der Waals surface area contributed by atoms with Crippen LogP contribution in [-0.4, -0.2) is 10.3 Å². The van der Waals surface area contributed by atoms with Crippen molar-refractivity contribution in [2.24, 2.45) is 17.8 Å². The van der Waals surface area contributed by atoms with Crippen LogP contribution in [0.15, 0.2) is 10.1 Å². The Hall–Kier alpha value is 0.900. The van der Waals surface area contributed by atoms with E-state index in [1.54, 1.807) is 0 Å². The SMILES string of the molecule is ClC1=C(Cl)[C@]2(Cl)C(Cl)[C@H]1[C@@H]1C[C@@H]12. The van der Waals surface area contributed by atoms with Crippen LogP contribution in [-0.2, 0) is 0 Å². The van der Waals surface area contributed by atoms with Gasteiger partial charge in [0.05, 0.1) is 10.4 Å². The Labute approximate surface area is 90.8 Å². The van der Waals surface area contributed by atoms with Gasteiger partial charge in [-0.05, 0) is 18.3 Å². The standard InChI is InChI=1S/C8H6Cl4/c9-5-4-2-1-3(2)8(12,6(4)10)7(5)11/h2-4,6H,1H2/t2-,3+,4+,6?,8-/m1/s1. The molecule has 1 unspecified atom stereocenters. The number of hydrogen-bond acceptors (Lipinski definition) is 0. The highest BCUT2D eigenvalue weighted by Gasteiger charge is 2.73. The summed E-state index contributed by atoms with van der Waals surface area (Å²) in [7, 11) is 0. The van der Waals surface area contributed by atoms with Crippen LogP contribution in [0.5, 0.6) is 0 Å². The summed E-state index contributed by atoms with van der Waals surface area (Å²) in [5.41, 5.74) is 0. The van der Waals surface area contributed by atoms with Gasteiger partial charge in [-0.15, -0.1) is 23.2 Å². The van der Waals surface area contributed by atoms with Crippen molar-refractivity contribution in [1.29, 1.82) is 0 Å². The van der Waals surface area contributed by atoms with Crippen molar-refractivity contribution in [2.75, 3.05) is 0 Å². The molecule has 0 heterocycles. The normalized spacial score (nSPS) is 61.0. The van der Waals surface area contributed by atoms with Crippen molar-refractivity contribution in [3.63, 3.8) is 0 Å². The average molecular weight is 244 g/mol. The number of allylic oxidation sites excluding steroid dienone is 2. The summed E-state index contributed by atoms with van der Waals surface area (Å²) in [6, 6.07) is 0. The van der Waals surface area contributed by atoms with Crippen LogP contribution in [0.3, 0.4) is 0 Å². The van der Waals surface area contributed by atoms with Crippen LogP contribution in [0.25, 0.3) is 0 Å². The van der Waals surface area contributed by atoms with E-state index < -0.39 is 4.87 Å². The maximum atomic E-state index is 6.38. The molecule has 3 aliphatic carbocycles. The molecule has 3 rings (SSSR count). The van der Waals surface area contributed by atoms with E-state index in [0.29, 0.717) is 21.9 Å². The van der Waals surface area contributed by atoms with Gasteiger partial charge in [0, 0.05) is 11.0 Å². The molecular formula is C8H6Cl4. The third-order valence-electron chi connectivity index (χ3n) is 3.40. The number of fused-ring (bicyclic) bond motifs is 5. The fourth-order valence-electron chi connectivity index (χ4n) is 2.71. The van der Waals surface area contributed by atoms with Gasteiger partial charge in [-0.25, -0.2) is 0 Å². The molecule has 0 aliphatic heterocycles. The third kappa shape index (κ3) is 0.639. The second-order valence-electron chi connectivity index (χ2n) is 3.86. The lowest BCUT2D eigenvalue weighted by Crippen LogP contribution is -2.30. The van der Waals surface area contributed by atoms with E-state index in [2.05, 4.69) is 0 Å². The van der Waals surface area contributed by atoms with Gasteiger partial charge in [0.15, 0.2) is 0 Å². The minimum absolute atomic E-state index is 0.0806. The molecule has 2 fully saturated rings. The Morgan fingerprint density at radius 3 is 2.50 bits per heavy atom. The molecule has 0 nitrogen and oxygen atoms in total. The van der Waals surface area contributed by atoms with Gasteiger partial charge in [-0.2, -0.15) is 0 Å². The molecule has 4 heteroatoms. The number of halogens is 4. The number of alkyl halides is 2. The number of hydrogen-bond donors (Lipinski definition) is 0. The second kappa shape index (κ2) is 2.11. The minimum Gasteiger partial charge on any atom is -0.120 e. The summed E-state index contributed by atoms with van der Waals surface area (Å²) < 4.78 is 0. The van der Waals surface area contributed by atoms with E-state index in [-0.39, 0.29) is 11.3 Å². The highest BCUT2D eigenvalue weighted by atomic mass is 35.5. The highest BCUT2D eigenvalue weighted by Crippen LogP contribution is 2.74. The van der Waals surface area contributed by atoms with E-state index in [1.807, 2.05) is 0 Å². The third-order valence-corrected chi connectivity index (χ3v) is 5.98. The first-order valence-corrected chi connectivity index (χ1v) is 5.54. The molecule has 0 aromatic rings. The molecule has 0 amide bonds. The number of rotatable bonds is 0. The molecule has 12 heavy (non-hydrogen) atoms. The smallest absolute Gasteiger partial charge is 0.101 e. The van der Waals surface area contributed by atoms with Crippen molar-refractivity contribution in [3.8, 4) is 0 Å². The second-order valence-corrected chi connectivity index (χ2v) is 5.74. The Bertz CT molecular complexity index is 297. The lowest BCUT2D eigenvalue weighted by atomic mass is 10.1. The minimum atomic E-state index is -0.518. The molecule has 66 valence electrons. The molecule has 0 aromatic carbocycles. The zero-order valence-corrected chi connectivity index (χ0v) is 9.05. The first-order chi connectivity index (χ1) is 5.58. The monoisotopic (exact) mass is 242 g/mol. The van der Waals surface area contributed by atoms with Crippen LogP contribution in [0.4, 0.5) is 0 Å². The lowest BCUT2D eigenvalue weighted by Gasteiger charge is -2.23. The van der Waals surface area contributed by atoms with Crippen molar-refractivity contribution >= 4 is 46.4 Å². The maximum Gasteiger partial charge on any atom is 0.101 e. The largest absolute Gasteiger partial charge is 0.120 e. The van der Waals surface area contributed by atoms with E-state index in [0.717, 1.165) is 6.42 Å². The van der Waals surface area contributed by atoms with Crippen LogP contribution in [0.1, 0.15) is 6.42 Å². The summed E-state index contributed by atoms with van der Waals surface area (Å²) in [6.45, 7) is 0. The van der Waals surface area contributed by atoms with E-state index >= 15 is 0 Å². The topological polar surface area (TPSA) is 0 Å². The maximum absolute atomic E-state index is 6.38. The summed E-state index contributed by atoms with van der Waals surface area (Å²) in [6.07, 6.45) is 1.14. The summed E-state index contributed by atoms with van der Waals surface area (Å²) in [5.74, 6) is 1.34. The predicted molar refractivity (Wildman–Crippen MR) is 52.0 cm³/mol. The van der Waals surface area contributed by atoms with Gasteiger partial charge < -0.3 is 0 Å². The van der Waals surface area contributed by atoms with Gasteiger partial charge in [0.25, 0.3) is 0 Å². The Morgan fingerprint density at radius 1 is 1.33 bits per heavy atom. The Morgan fingerprint density at radius 2 is 2.00 bits per heavy atom. The molecule has 0 spiro atoms. The molecule has 0 saturated heterocycles. The first kappa shape index (κ1) is 8.23. The van der Waals surface area contributed by atoms with Gasteiger partial charge in [0.1, 0.15) is 4.87 Å². The predicted octanol–water partition coefficient (Wildman–Crippen LogP) is 3.54. The van der Waals surface area contributed by atoms with Gasteiger partial charge in [0.2, 0.25) is 0 Å². The Kier molecular flexibility index (Phi) is 1.45. The molecule has 0 radical (unpaired) electrons. The quantitative estimate of drug-likeness (QED) is 0.571. The molecular weight excluding hydrogens is 238 g/mol. The van der Waals surface area contributed by atoms with Crippen LogP contribution in [0.2, 0.25) is 0 Å². The van der Waals surface area contributed by atoms with Gasteiger partial charge >= 0.3 is 0 Å². The lowest BCUT2D eigenvalue weighted by molar-refractivity contribution is 0.596. The van der Waals surface area contributed by atoms with E-state index in [9.17, 15) is 0 Å². The average Bonchev–Trinajstić information content (AvgIpc) is 2.73. The molecule has 3 aliphatic rings. The zero-order valence-electron chi connectivity index (χ0n) is 6.03. The van der Waals surface area contributed by atoms with Crippen molar-refractivity contribution in [1.82, 2.24) is 0 Å². The van der Waals surface area contributed by atoms with E-state index in [1.165, 1.54) is 0 Å². The van der Waals surface area contributed by atoms with Crippen molar-refractivity contribution in [2.45, 2.75) is 16.7 Å². The molecule has 0 aromatic heterocycles. The van der Waals surface area contributed by atoms with Gasteiger partial charge in [-0.3, -0.25) is 0 Å². The fourth-order valence-corrected chi connectivity index (χ4v) is 4.78. The van der Waals surface area contributed by atoms with Crippen LogP contribution >= 0.6 is 46.4 Å². The molecule has 2 bridgehead atoms. The molecule has 5 atom stereocenters. The van der Waals surface area contributed by atoms with Crippen molar-refractivity contribution < 1.29 is 0 Å². The highest BCUT2D eigenvalue weighted by molar-refractivity contribution is 6.49.